The third-order valence-electron chi connectivity index (χ3n) is 2.78. The molecule has 0 bridgehead atoms. The molecule has 0 radical (unpaired) electrons. The molecular weight excluding hydrogens is 279 g/mol. The van der Waals surface area contributed by atoms with Gasteiger partial charge in [0.2, 0.25) is 5.88 Å². The number of carbonyl (C=O) groups is 1. The largest absolute Gasteiger partial charge is 0.480 e. The van der Waals surface area contributed by atoms with E-state index in [1.807, 2.05) is 0 Å². The molecule has 2 atom stereocenters. The summed E-state index contributed by atoms with van der Waals surface area (Å²) in [5, 5.41) is 9.52. The van der Waals surface area contributed by atoms with Crippen molar-refractivity contribution < 1.29 is 14.6 Å². The van der Waals surface area contributed by atoms with Crippen molar-refractivity contribution in [1.29, 1.82) is 0 Å². The minimum atomic E-state index is -0.817. The van der Waals surface area contributed by atoms with Crippen molar-refractivity contribution in [2.75, 3.05) is 13.6 Å². The fraction of sp³-hybridized carbons (Fsp3) is 0.455. The number of pyridine rings is 1. The van der Waals surface area contributed by atoms with Crippen LogP contribution in [0.25, 0.3) is 0 Å². The van der Waals surface area contributed by atoms with Gasteiger partial charge in [0.05, 0.1) is 5.02 Å². The van der Waals surface area contributed by atoms with Gasteiger partial charge in [-0.3, -0.25) is 9.69 Å². The monoisotopic (exact) mass is 292 g/mol. The van der Waals surface area contributed by atoms with E-state index in [0.29, 0.717) is 23.9 Å². The predicted octanol–water partition coefficient (Wildman–Crippen LogP) is 1.69. The first-order chi connectivity index (χ1) is 8.06. The molecule has 7 heteroatoms. The summed E-state index contributed by atoms with van der Waals surface area (Å²) in [5.41, 5.74) is 0. The summed E-state index contributed by atoms with van der Waals surface area (Å²) in [5.74, 6) is -0.346. The lowest BCUT2D eigenvalue weighted by molar-refractivity contribution is -0.141. The van der Waals surface area contributed by atoms with E-state index < -0.39 is 12.0 Å². The number of carboxylic acid groups (broad SMARTS) is 1. The van der Waals surface area contributed by atoms with Crippen molar-refractivity contribution in [3.05, 3.63) is 23.4 Å². The third kappa shape index (κ3) is 3.48. The molecule has 0 amide bonds. The zero-order chi connectivity index (χ0) is 12.4. The summed E-state index contributed by atoms with van der Waals surface area (Å²) in [7, 11) is 1.78. The van der Waals surface area contributed by atoms with Crippen LogP contribution < -0.4 is 4.74 Å². The first kappa shape index (κ1) is 15.0. The van der Waals surface area contributed by atoms with Gasteiger partial charge in [-0.25, -0.2) is 4.98 Å². The first-order valence-corrected chi connectivity index (χ1v) is 5.65. The van der Waals surface area contributed by atoms with Crippen LogP contribution in [-0.2, 0) is 4.79 Å². The van der Waals surface area contributed by atoms with Gasteiger partial charge in [-0.15, -0.1) is 12.4 Å². The fourth-order valence-electron chi connectivity index (χ4n) is 1.93. The van der Waals surface area contributed by atoms with Gasteiger partial charge in [0.25, 0.3) is 0 Å². The van der Waals surface area contributed by atoms with E-state index in [1.165, 1.54) is 6.20 Å². The van der Waals surface area contributed by atoms with Crippen molar-refractivity contribution >= 4 is 30.0 Å². The van der Waals surface area contributed by atoms with Gasteiger partial charge in [-0.1, -0.05) is 11.6 Å². The van der Waals surface area contributed by atoms with Crippen LogP contribution in [0.15, 0.2) is 18.3 Å². The number of likely N-dealkylation sites (N-methyl/N-ethyl adjacent to an activating group) is 1. The molecule has 1 aliphatic heterocycles. The van der Waals surface area contributed by atoms with Gasteiger partial charge >= 0.3 is 5.97 Å². The fourth-order valence-corrected chi connectivity index (χ4v) is 2.04. The van der Waals surface area contributed by atoms with Crippen molar-refractivity contribution in [1.82, 2.24) is 9.88 Å². The summed E-state index contributed by atoms with van der Waals surface area (Å²) >= 11 is 5.71. The van der Waals surface area contributed by atoms with Gasteiger partial charge in [0, 0.05) is 25.2 Å². The number of hydrogen-bond acceptors (Lipinski definition) is 4. The maximum atomic E-state index is 10.9. The van der Waals surface area contributed by atoms with Gasteiger partial charge in [0.1, 0.15) is 12.1 Å². The van der Waals surface area contributed by atoms with Crippen LogP contribution >= 0.6 is 24.0 Å². The minimum absolute atomic E-state index is 0. The Hall–Kier alpha value is -1.04. The molecule has 0 saturated carbocycles. The molecule has 18 heavy (non-hydrogen) atoms. The number of halogens is 2. The molecular formula is C11H14Cl2N2O3. The number of aliphatic carboxylic acids is 1. The number of likely N-dealkylation sites (tertiary alicyclic amines) is 1. The minimum Gasteiger partial charge on any atom is -0.480 e. The lowest BCUT2D eigenvalue weighted by Crippen LogP contribution is -2.32. The van der Waals surface area contributed by atoms with E-state index in [1.54, 1.807) is 24.1 Å². The van der Waals surface area contributed by atoms with Crippen LogP contribution in [0.3, 0.4) is 0 Å². The Morgan fingerprint density at radius 2 is 2.33 bits per heavy atom. The van der Waals surface area contributed by atoms with Crippen molar-refractivity contribution in [3.8, 4) is 5.88 Å². The van der Waals surface area contributed by atoms with Crippen LogP contribution in [0.4, 0.5) is 0 Å². The van der Waals surface area contributed by atoms with Crippen molar-refractivity contribution in [2.24, 2.45) is 0 Å². The average molecular weight is 293 g/mol. The number of hydrogen-bond donors (Lipinski definition) is 1. The molecule has 1 fully saturated rings. The Kier molecular flexibility index (Phi) is 5.19. The second kappa shape index (κ2) is 6.22. The maximum Gasteiger partial charge on any atom is 0.321 e. The molecule has 0 aliphatic carbocycles. The Morgan fingerprint density at radius 3 is 2.83 bits per heavy atom. The third-order valence-corrected chi connectivity index (χ3v) is 3.01. The number of rotatable bonds is 3. The van der Waals surface area contributed by atoms with Crippen LogP contribution in [0.1, 0.15) is 6.42 Å². The molecule has 0 spiro atoms. The normalized spacial score (nSPS) is 23.4. The highest BCUT2D eigenvalue weighted by molar-refractivity contribution is 6.30. The Labute approximate surface area is 116 Å². The number of carboxylic acids is 1. The second-order valence-electron chi connectivity index (χ2n) is 4.08. The molecule has 2 rings (SSSR count). The molecule has 100 valence electrons. The highest BCUT2D eigenvalue weighted by Gasteiger charge is 2.35. The number of nitrogens with zero attached hydrogens (tertiary/aromatic N) is 2. The molecule has 0 aromatic carbocycles. The Bertz CT molecular complexity index is 413. The second-order valence-corrected chi connectivity index (χ2v) is 4.52. The zero-order valence-electron chi connectivity index (χ0n) is 9.75. The number of ether oxygens (including phenoxy) is 1. The molecule has 1 aromatic heterocycles. The van der Waals surface area contributed by atoms with Crippen LogP contribution in [-0.4, -0.2) is 46.7 Å². The summed E-state index contributed by atoms with van der Waals surface area (Å²) in [6, 6.07) is 2.89. The highest BCUT2D eigenvalue weighted by Crippen LogP contribution is 2.21. The lowest BCUT2D eigenvalue weighted by atomic mass is 10.2. The molecule has 5 nitrogen and oxygen atoms in total. The van der Waals surface area contributed by atoms with E-state index in [-0.39, 0.29) is 18.5 Å². The summed E-state index contributed by atoms with van der Waals surface area (Å²) < 4.78 is 5.61. The maximum absolute atomic E-state index is 10.9. The molecule has 2 heterocycles. The van der Waals surface area contributed by atoms with Crippen LogP contribution in [0.2, 0.25) is 5.02 Å². The van der Waals surface area contributed by atoms with E-state index in [2.05, 4.69) is 4.98 Å². The van der Waals surface area contributed by atoms with Gasteiger partial charge in [-0.05, 0) is 13.1 Å². The van der Waals surface area contributed by atoms with E-state index in [0.717, 1.165) is 0 Å². The van der Waals surface area contributed by atoms with Crippen LogP contribution in [0.5, 0.6) is 5.88 Å². The van der Waals surface area contributed by atoms with Gasteiger partial charge < -0.3 is 9.84 Å². The lowest BCUT2D eigenvalue weighted by Gasteiger charge is -2.13. The van der Waals surface area contributed by atoms with Gasteiger partial charge in [-0.2, -0.15) is 0 Å². The first-order valence-electron chi connectivity index (χ1n) is 5.27. The van der Waals surface area contributed by atoms with Crippen LogP contribution in [0, 0.1) is 0 Å². The van der Waals surface area contributed by atoms with E-state index in [4.69, 9.17) is 21.4 Å². The Balaban J connectivity index is 0.00000162. The standard InChI is InChI=1S/C11H13ClN2O3.ClH/c1-14-6-8(4-9(14)11(15)16)17-10-3-2-7(12)5-13-10;/h2-3,5,8-9H,4,6H2,1H3,(H,15,16);1H/t8-,9+;/m1./s1. The van der Waals surface area contributed by atoms with Crippen molar-refractivity contribution in [3.63, 3.8) is 0 Å². The number of aromatic nitrogens is 1. The smallest absolute Gasteiger partial charge is 0.321 e. The van der Waals surface area contributed by atoms with Gasteiger partial charge in [0.15, 0.2) is 0 Å². The van der Waals surface area contributed by atoms with E-state index >= 15 is 0 Å². The molecule has 1 aliphatic rings. The molecule has 1 N–H and O–H groups in total. The summed E-state index contributed by atoms with van der Waals surface area (Å²) in [6.45, 7) is 0.585. The Morgan fingerprint density at radius 1 is 1.61 bits per heavy atom. The molecule has 0 unspecified atom stereocenters. The summed E-state index contributed by atoms with van der Waals surface area (Å²) in [6.07, 6.45) is 1.83. The van der Waals surface area contributed by atoms with Crippen molar-refractivity contribution in [2.45, 2.75) is 18.6 Å². The summed E-state index contributed by atoms with van der Waals surface area (Å²) in [4.78, 5) is 16.7. The zero-order valence-corrected chi connectivity index (χ0v) is 11.3. The van der Waals surface area contributed by atoms with E-state index in [9.17, 15) is 4.79 Å². The molecule has 1 saturated heterocycles. The average Bonchev–Trinajstić information content (AvgIpc) is 2.63. The quantitative estimate of drug-likeness (QED) is 0.919. The molecule has 1 aromatic rings. The topological polar surface area (TPSA) is 62.7 Å². The SMILES string of the molecule is CN1C[C@H](Oc2ccc(Cl)cn2)C[C@H]1C(=O)O.Cl. The highest BCUT2D eigenvalue weighted by atomic mass is 35.5. The predicted molar refractivity (Wildman–Crippen MR) is 69.6 cm³/mol.